The fourth-order valence-corrected chi connectivity index (χ4v) is 1.45. The molecule has 1 aromatic carbocycles. The molecule has 86 valence electrons. The third kappa shape index (κ3) is 3.45. The van der Waals surface area contributed by atoms with Gasteiger partial charge in [-0.1, -0.05) is 42.5 Å². The summed E-state index contributed by atoms with van der Waals surface area (Å²) in [4.78, 5) is 10.1. The summed E-state index contributed by atoms with van der Waals surface area (Å²) in [5, 5.41) is 0. The monoisotopic (exact) mass is 220 g/mol. The lowest BCUT2D eigenvalue weighted by Gasteiger charge is -2.20. The predicted octanol–water partition coefficient (Wildman–Crippen LogP) is 2.48. The molecule has 0 spiro atoms. The maximum Gasteiger partial charge on any atom is 0.134 e. The van der Waals surface area contributed by atoms with Gasteiger partial charge < -0.3 is 4.74 Å². The second kappa shape index (κ2) is 5.80. The molecule has 1 aliphatic rings. The quantitative estimate of drug-likeness (QED) is 0.576. The first kappa shape index (κ1) is 11.3. The van der Waals surface area contributed by atoms with E-state index in [0.717, 1.165) is 5.56 Å². The Hall–Kier alpha value is -1.16. The highest BCUT2D eigenvalue weighted by Gasteiger charge is 2.13. The van der Waals surface area contributed by atoms with Gasteiger partial charge in [-0.05, 0) is 12.5 Å². The standard InChI is InChI=1S/C13H16O3/c1-11-7-8-13(16-15-11)10-14-9-12-5-3-2-4-6-12/h2-8,11,13H,9-10H2,1H3/t11-,13-/m1/s1. The largest absolute Gasteiger partial charge is 0.374 e. The molecule has 0 fully saturated rings. The van der Waals surface area contributed by atoms with Crippen molar-refractivity contribution in [1.82, 2.24) is 0 Å². The molecule has 3 heteroatoms. The smallest absolute Gasteiger partial charge is 0.134 e. The zero-order chi connectivity index (χ0) is 11.2. The molecular formula is C13H16O3. The Morgan fingerprint density at radius 1 is 1.12 bits per heavy atom. The molecule has 0 bridgehead atoms. The first-order chi connectivity index (χ1) is 7.84. The third-order valence-corrected chi connectivity index (χ3v) is 2.32. The average molecular weight is 220 g/mol. The van der Waals surface area contributed by atoms with Gasteiger partial charge in [0.2, 0.25) is 0 Å². The molecule has 1 aliphatic heterocycles. The molecule has 0 saturated heterocycles. The van der Waals surface area contributed by atoms with Crippen LogP contribution in [0.2, 0.25) is 0 Å². The van der Waals surface area contributed by atoms with Gasteiger partial charge >= 0.3 is 0 Å². The van der Waals surface area contributed by atoms with Gasteiger partial charge in [-0.3, -0.25) is 0 Å². The van der Waals surface area contributed by atoms with E-state index in [0.29, 0.717) is 13.2 Å². The second-order valence-electron chi connectivity index (χ2n) is 3.82. The lowest BCUT2D eigenvalue weighted by atomic mass is 10.2. The maximum absolute atomic E-state index is 5.54. The molecular weight excluding hydrogens is 204 g/mol. The highest BCUT2D eigenvalue weighted by Crippen LogP contribution is 2.09. The molecule has 0 saturated carbocycles. The molecule has 0 aromatic heterocycles. The van der Waals surface area contributed by atoms with Crippen LogP contribution in [0.4, 0.5) is 0 Å². The van der Waals surface area contributed by atoms with Gasteiger partial charge in [0, 0.05) is 0 Å². The third-order valence-electron chi connectivity index (χ3n) is 2.32. The first-order valence-electron chi connectivity index (χ1n) is 5.47. The number of hydrogen-bond donors (Lipinski definition) is 0. The number of hydrogen-bond acceptors (Lipinski definition) is 3. The fourth-order valence-electron chi connectivity index (χ4n) is 1.45. The molecule has 0 aliphatic carbocycles. The van der Waals surface area contributed by atoms with E-state index >= 15 is 0 Å². The summed E-state index contributed by atoms with van der Waals surface area (Å²) in [5.41, 5.74) is 1.16. The molecule has 2 atom stereocenters. The van der Waals surface area contributed by atoms with Crippen LogP contribution in [0.1, 0.15) is 12.5 Å². The molecule has 0 amide bonds. The molecule has 3 nitrogen and oxygen atoms in total. The molecule has 1 aromatic rings. The number of benzene rings is 1. The molecule has 2 rings (SSSR count). The van der Waals surface area contributed by atoms with Crippen LogP contribution < -0.4 is 0 Å². The van der Waals surface area contributed by atoms with Crippen molar-refractivity contribution >= 4 is 0 Å². The minimum absolute atomic E-state index is 0.0328. The van der Waals surface area contributed by atoms with Crippen molar-refractivity contribution in [2.75, 3.05) is 6.61 Å². The highest BCUT2D eigenvalue weighted by atomic mass is 17.2. The Balaban J connectivity index is 1.71. The highest BCUT2D eigenvalue weighted by molar-refractivity contribution is 5.13. The van der Waals surface area contributed by atoms with Crippen LogP contribution >= 0.6 is 0 Å². The van der Waals surface area contributed by atoms with E-state index < -0.39 is 0 Å². The summed E-state index contributed by atoms with van der Waals surface area (Å²) in [7, 11) is 0. The number of ether oxygens (including phenoxy) is 1. The summed E-state index contributed by atoms with van der Waals surface area (Å²) >= 11 is 0. The van der Waals surface area contributed by atoms with Crippen LogP contribution in [0.25, 0.3) is 0 Å². The molecule has 0 unspecified atom stereocenters. The van der Waals surface area contributed by atoms with Gasteiger partial charge in [0.1, 0.15) is 12.2 Å². The van der Waals surface area contributed by atoms with Crippen LogP contribution in [-0.2, 0) is 21.1 Å². The molecule has 0 radical (unpaired) electrons. The Bertz CT molecular complexity index is 334. The molecule has 1 heterocycles. The van der Waals surface area contributed by atoms with Crippen LogP contribution in [-0.4, -0.2) is 18.8 Å². The van der Waals surface area contributed by atoms with Crippen molar-refractivity contribution in [1.29, 1.82) is 0 Å². The van der Waals surface area contributed by atoms with Crippen LogP contribution in [0.5, 0.6) is 0 Å². The maximum atomic E-state index is 5.54. The van der Waals surface area contributed by atoms with E-state index in [1.165, 1.54) is 0 Å². The predicted molar refractivity (Wildman–Crippen MR) is 60.7 cm³/mol. The summed E-state index contributed by atoms with van der Waals surface area (Å²) in [6, 6.07) is 10.1. The normalized spacial score (nSPS) is 24.6. The lowest BCUT2D eigenvalue weighted by Crippen LogP contribution is -2.24. The van der Waals surface area contributed by atoms with Crippen molar-refractivity contribution in [3.8, 4) is 0 Å². The summed E-state index contributed by atoms with van der Waals surface area (Å²) in [6.07, 6.45) is 3.88. The average Bonchev–Trinajstić information content (AvgIpc) is 2.33. The van der Waals surface area contributed by atoms with Gasteiger partial charge in [-0.15, -0.1) is 0 Å². The SMILES string of the molecule is C[C@@H]1C=C[C@H](COCc2ccccc2)OO1. The first-order valence-corrected chi connectivity index (χ1v) is 5.47. The Morgan fingerprint density at radius 2 is 1.94 bits per heavy atom. The van der Waals surface area contributed by atoms with Crippen molar-refractivity contribution < 1.29 is 14.5 Å². The van der Waals surface area contributed by atoms with Crippen LogP contribution in [0, 0.1) is 0 Å². The zero-order valence-electron chi connectivity index (χ0n) is 9.34. The minimum atomic E-state index is -0.0973. The summed E-state index contributed by atoms with van der Waals surface area (Å²) in [6.45, 7) is 3.04. The molecule has 16 heavy (non-hydrogen) atoms. The van der Waals surface area contributed by atoms with Crippen LogP contribution in [0.15, 0.2) is 42.5 Å². The van der Waals surface area contributed by atoms with Crippen molar-refractivity contribution in [2.45, 2.75) is 25.7 Å². The number of rotatable bonds is 4. The van der Waals surface area contributed by atoms with E-state index in [4.69, 9.17) is 14.5 Å². The fraction of sp³-hybridized carbons (Fsp3) is 0.385. The van der Waals surface area contributed by atoms with E-state index in [1.54, 1.807) is 0 Å². The van der Waals surface area contributed by atoms with Gasteiger partial charge in [0.15, 0.2) is 0 Å². The summed E-state index contributed by atoms with van der Waals surface area (Å²) in [5.74, 6) is 0. The lowest BCUT2D eigenvalue weighted by molar-refractivity contribution is -0.341. The van der Waals surface area contributed by atoms with E-state index in [1.807, 2.05) is 49.4 Å². The van der Waals surface area contributed by atoms with E-state index in [9.17, 15) is 0 Å². The van der Waals surface area contributed by atoms with Crippen molar-refractivity contribution in [2.24, 2.45) is 0 Å². The van der Waals surface area contributed by atoms with Crippen LogP contribution in [0.3, 0.4) is 0 Å². The molecule has 0 N–H and O–H groups in total. The van der Waals surface area contributed by atoms with Crippen molar-refractivity contribution in [3.05, 3.63) is 48.0 Å². The Morgan fingerprint density at radius 3 is 2.62 bits per heavy atom. The van der Waals surface area contributed by atoms with Gasteiger partial charge in [-0.25, -0.2) is 9.78 Å². The Labute approximate surface area is 95.6 Å². The minimum Gasteiger partial charge on any atom is -0.374 e. The second-order valence-corrected chi connectivity index (χ2v) is 3.82. The summed E-state index contributed by atoms with van der Waals surface area (Å²) < 4.78 is 5.54. The van der Waals surface area contributed by atoms with E-state index in [-0.39, 0.29) is 12.2 Å². The van der Waals surface area contributed by atoms with E-state index in [2.05, 4.69) is 0 Å². The van der Waals surface area contributed by atoms with Gasteiger partial charge in [-0.2, -0.15) is 0 Å². The Kier molecular flexibility index (Phi) is 4.10. The van der Waals surface area contributed by atoms with Gasteiger partial charge in [0.05, 0.1) is 13.2 Å². The topological polar surface area (TPSA) is 27.7 Å². The van der Waals surface area contributed by atoms with Crippen molar-refractivity contribution in [3.63, 3.8) is 0 Å². The van der Waals surface area contributed by atoms with Gasteiger partial charge in [0.25, 0.3) is 0 Å². The zero-order valence-corrected chi connectivity index (χ0v) is 9.34.